The minimum atomic E-state index is -3.13. The molecule has 26 heavy (non-hydrogen) atoms. The van der Waals surface area contributed by atoms with Crippen molar-refractivity contribution >= 4 is 21.6 Å². The molecule has 1 aromatic carbocycles. The van der Waals surface area contributed by atoms with Gasteiger partial charge in [-0.25, -0.2) is 13.1 Å². The van der Waals surface area contributed by atoms with Crippen LogP contribution in [0.25, 0.3) is 11.3 Å². The lowest BCUT2D eigenvalue weighted by molar-refractivity contribution is 0.356. The second-order valence-corrected chi connectivity index (χ2v) is 9.54. The highest BCUT2D eigenvalue weighted by Crippen LogP contribution is 2.30. The molecule has 2 rings (SSSR count). The standard InChI is InChI=1S/C18H27ClN4O2S/c1-18(2,3)23-13-14(12-20-10-7-11-21-26(4,24)25)17(22-23)15-8-5-6-9-16(15)19/h5-6,8-9,13,20-21H,7,10-12H2,1-4H3. The van der Waals surface area contributed by atoms with Gasteiger partial charge >= 0.3 is 0 Å². The predicted molar refractivity (Wildman–Crippen MR) is 107 cm³/mol. The van der Waals surface area contributed by atoms with Gasteiger partial charge in [-0.1, -0.05) is 29.8 Å². The number of sulfonamides is 1. The molecule has 0 aliphatic carbocycles. The van der Waals surface area contributed by atoms with Gasteiger partial charge in [0.1, 0.15) is 0 Å². The minimum absolute atomic E-state index is 0.131. The first-order valence-electron chi connectivity index (χ1n) is 8.57. The van der Waals surface area contributed by atoms with Crippen molar-refractivity contribution in [2.75, 3.05) is 19.3 Å². The van der Waals surface area contributed by atoms with Crippen molar-refractivity contribution in [1.29, 1.82) is 0 Å². The molecule has 1 aromatic heterocycles. The van der Waals surface area contributed by atoms with Crippen LogP contribution in [0, 0.1) is 0 Å². The molecule has 0 bridgehead atoms. The van der Waals surface area contributed by atoms with Crippen molar-refractivity contribution in [3.63, 3.8) is 0 Å². The Morgan fingerprint density at radius 1 is 1.19 bits per heavy atom. The van der Waals surface area contributed by atoms with Crippen LogP contribution in [-0.4, -0.2) is 37.5 Å². The van der Waals surface area contributed by atoms with Crippen molar-refractivity contribution in [2.45, 2.75) is 39.3 Å². The van der Waals surface area contributed by atoms with Crippen LogP contribution in [0.1, 0.15) is 32.8 Å². The second-order valence-electron chi connectivity index (χ2n) is 7.30. The van der Waals surface area contributed by atoms with Gasteiger partial charge in [0.05, 0.1) is 22.5 Å². The Hall–Kier alpha value is -1.41. The molecule has 1 heterocycles. The number of rotatable bonds is 8. The average Bonchev–Trinajstić information content (AvgIpc) is 2.94. The normalized spacial score (nSPS) is 12.5. The van der Waals surface area contributed by atoms with Gasteiger partial charge in [-0.3, -0.25) is 4.68 Å². The zero-order valence-corrected chi connectivity index (χ0v) is 17.3. The van der Waals surface area contributed by atoms with Crippen molar-refractivity contribution < 1.29 is 8.42 Å². The molecule has 0 aliphatic heterocycles. The number of nitrogens with zero attached hydrogens (tertiary/aromatic N) is 2. The molecule has 0 saturated heterocycles. The molecule has 0 spiro atoms. The van der Waals surface area contributed by atoms with E-state index in [0.29, 0.717) is 31.1 Å². The van der Waals surface area contributed by atoms with Gasteiger partial charge in [0.2, 0.25) is 10.0 Å². The maximum Gasteiger partial charge on any atom is 0.208 e. The minimum Gasteiger partial charge on any atom is -0.312 e. The second kappa shape index (κ2) is 8.52. The number of hydrogen-bond donors (Lipinski definition) is 2. The lowest BCUT2D eigenvalue weighted by atomic mass is 10.1. The fourth-order valence-corrected chi connectivity index (χ4v) is 3.20. The first kappa shape index (κ1) is 20.9. The summed E-state index contributed by atoms with van der Waals surface area (Å²) >= 11 is 6.36. The van der Waals surface area contributed by atoms with Gasteiger partial charge in [-0.2, -0.15) is 5.10 Å². The molecule has 144 valence electrons. The summed E-state index contributed by atoms with van der Waals surface area (Å²) in [5.74, 6) is 0. The van der Waals surface area contributed by atoms with E-state index in [1.165, 1.54) is 0 Å². The number of benzene rings is 1. The van der Waals surface area contributed by atoms with Gasteiger partial charge in [-0.05, 0) is 39.8 Å². The van der Waals surface area contributed by atoms with E-state index in [9.17, 15) is 8.42 Å². The van der Waals surface area contributed by atoms with E-state index >= 15 is 0 Å². The molecule has 6 nitrogen and oxygen atoms in total. The van der Waals surface area contributed by atoms with E-state index in [2.05, 4.69) is 30.8 Å². The average molecular weight is 399 g/mol. The monoisotopic (exact) mass is 398 g/mol. The summed E-state index contributed by atoms with van der Waals surface area (Å²) in [6, 6.07) is 7.68. The van der Waals surface area contributed by atoms with E-state index in [4.69, 9.17) is 16.7 Å². The summed E-state index contributed by atoms with van der Waals surface area (Å²) < 4.78 is 26.6. The predicted octanol–water partition coefficient (Wildman–Crippen LogP) is 2.99. The lowest BCUT2D eigenvalue weighted by Gasteiger charge is -2.18. The Kier molecular flexibility index (Phi) is 6.85. The summed E-state index contributed by atoms with van der Waals surface area (Å²) in [7, 11) is -3.13. The SMILES string of the molecule is CC(C)(C)n1cc(CNCCCNS(C)(=O)=O)c(-c2ccccc2Cl)n1. The molecular weight excluding hydrogens is 372 g/mol. The largest absolute Gasteiger partial charge is 0.312 e. The molecular formula is C18H27ClN4O2S. The highest BCUT2D eigenvalue weighted by atomic mass is 35.5. The van der Waals surface area contributed by atoms with Crippen LogP contribution < -0.4 is 10.0 Å². The zero-order valence-electron chi connectivity index (χ0n) is 15.7. The quantitative estimate of drug-likeness (QED) is 0.670. The van der Waals surface area contributed by atoms with Crippen LogP contribution in [-0.2, 0) is 22.1 Å². The van der Waals surface area contributed by atoms with Crippen molar-refractivity contribution in [3.05, 3.63) is 41.0 Å². The molecule has 0 amide bonds. The smallest absolute Gasteiger partial charge is 0.208 e. The Labute approximate surface area is 161 Å². The Morgan fingerprint density at radius 2 is 1.88 bits per heavy atom. The molecule has 0 aliphatic rings. The third-order valence-electron chi connectivity index (χ3n) is 3.82. The fraction of sp³-hybridized carbons (Fsp3) is 0.500. The third kappa shape index (κ3) is 6.09. The van der Waals surface area contributed by atoms with E-state index in [0.717, 1.165) is 23.1 Å². The molecule has 0 radical (unpaired) electrons. The fourth-order valence-electron chi connectivity index (χ4n) is 2.46. The van der Waals surface area contributed by atoms with E-state index in [1.54, 1.807) is 0 Å². The van der Waals surface area contributed by atoms with Gasteiger partial charge in [0.15, 0.2) is 0 Å². The van der Waals surface area contributed by atoms with Crippen molar-refractivity contribution in [3.8, 4) is 11.3 Å². The van der Waals surface area contributed by atoms with Crippen molar-refractivity contribution in [2.24, 2.45) is 0 Å². The Morgan fingerprint density at radius 3 is 2.50 bits per heavy atom. The van der Waals surface area contributed by atoms with Gasteiger partial charge in [0, 0.05) is 30.4 Å². The summed E-state index contributed by atoms with van der Waals surface area (Å²) in [5, 5.41) is 8.78. The van der Waals surface area contributed by atoms with Crippen molar-refractivity contribution in [1.82, 2.24) is 19.8 Å². The molecule has 2 N–H and O–H groups in total. The summed E-state index contributed by atoms with van der Waals surface area (Å²) in [5.41, 5.74) is 2.71. The van der Waals surface area contributed by atoms with Gasteiger partial charge in [0.25, 0.3) is 0 Å². The van der Waals surface area contributed by atoms with Gasteiger partial charge < -0.3 is 5.32 Å². The topological polar surface area (TPSA) is 76.0 Å². The summed E-state index contributed by atoms with van der Waals surface area (Å²) in [4.78, 5) is 0. The molecule has 0 fully saturated rings. The maximum absolute atomic E-state index is 11.1. The van der Waals surface area contributed by atoms with E-state index < -0.39 is 10.0 Å². The van der Waals surface area contributed by atoms with Crippen LogP contribution in [0.5, 0.6) is 0 Å². The van der Waals surface area contributed by atoms with Crippen LogP contribution in [0.2, 0.25) is 5.02 Å². The number of aromatic nitrogens is 2. The van der Waals surface area contributed by atoms with Crippen LogP contribution >= 0.6 is 11.6 Å². The summed E-state index contributed by atoms with van der Waals surface area (Å²) in [6.07, 6.45) is 3.92. The lowest BCUT2D eigenvalue weighted by Crippen LogP contribution is -2.26. The molecule has 0 saturated carbocycles. The molecule has 0 unspecified atom stereocenters. The first-order chi connectivity index (χ1) is 12.1. The molecule has 8 heteroatoms. The first-order valence-corrected chi connectivity index (χ1v) is 10.8. The van der Waals surface area contributed by atoms with Crippen LogP contribution in [0.15, 0.2) is 30.5 Å². The third-order valence-corrected chi connectivity index (χ3v) is 4.87. The number of nitrogens with one attached hydrogen (secondary N) is 2. The van der Waals surface area contributed by atoms with E-state index in [-0.39, 0.29) is 5.54 Å². The molecule has 2 aromatic rings. The van der Waals surface area contributed by atoms with Crippen LogP contribution in [0.3, 0.4) is 0 Å². The highest BCUT2D eigenvalue weighted by molar-refractivity contribution is 7.88. The number of hydrogen-bond acceptors (Lipinski definition) is 4. The maximum atomic E-state index is 11.1. The van der Waals surface area contributed by atoms with E-state index in [1.807, 2.05) is 35.1 Å². The van der Waals surface area contributed by atoms with Crippen LogP contribution in [0.4, 0.5) is 0 Å². The zero-order chi connectivity index (χ0) is 19.4. The summed E-state index contributed by atoms with van der Waals surface area (Å²) in [6.45, 7) is 8.06. The van der Waals surface area contributed by atoms with Gasteiger partial charge in [-0.15, -0.1) is 0 Å². The number of halogens is 1. The Bertz CT molecular complexity index is 841. The highest BCUT2D eigenvalue weighted by Gasteiger charge is 2.19. The Balaban J connectivity index is 2.09. The molecule has 0 atom stereocenters.